The Morgan fingerprint density at radius 3 is 2.37 bits per heavy atom. The Labute approximate surface area is 210 Å². The van der Waals surface area contributed by atoms with E-state index in [1.165, 1.54) is 0 Å². The third kappa shape index (κ3) is 6.46. The molecule has 2 unspecified atom stereocenters. The molecule has 0 heterocycles. The van der Waals surface area contributed by atoms with Crippen LogP contribution >= 0.6 is 11.6 Å². The Hall–Kier alpha value is -1.91. The van der Waals surface area contributed by atoms with E-state index in [-0.39, 0.29) is 40.5 Å². The first kappa shape index (κ1) is 26.2. The summed E-state index contributed by atoms with van der Waals surface area (Å²) in [6.45, 7) is 5.81. The van der Waals surface area contributed by atoms with E-state index in [0.717, 1.165) is 37.8 Å². The monoisotopic (exact) mass is 530 g/mol. The van der Waals surface area contributed by atoms with Crippen molar-refractivity contribution in [3.8, 4) is 5.75 Å². The van der Waals surface area contributed by atoms with Gasteiger partial charge in [0.15, 0.2) is 0 Å². The van der Waals surface area contributed by atoms with Gasteiger partial charge in [0, 0.05) is 12.1 Å². The second-order valence-electron chi connectivity index (χ2n) is 10.8. The number of fused-ring (bicyclic) bond motifs is 1. The molecule has 3 aliphatic rings. The molecule has 4 rings (SSSR count). The van der Waals surface area contributed by atoms with Gasteiger partial charge in [0.05, 0.1) is 23.1 Å². The van der Waals surface area contributed by atoms with E-state index in [2.05, 4.69) is 4.72 Å². The highest BCUT2D eigenvalue weighted by Crippen LogP contribution is 2.55. The Bertz CT molecular complexity index is 1090. The van der Waals surface area contributed by atoms with Crippen LogP contribution in [0, 0.1) is 29.5 Å². The van der Waals surface area contributed by atoms with Crippen molar-refractivity contribution < 1.29 is 31.9 Å². The van der Waals surface area contributed by atoms with Crippen molar-refractivity contribution in [1.29, 1.82) is 0 Å². The quantitative estimate of drug-likeness (QED) is 0.492. The van der Waals surface area contributed by atoms with Gasteiger partial charge in [-0.15, -0.1) is 0 Å². The highest BCUT2D eigenvalue weighted by atomic mass is 35.5. The van der Waals surface area contributed by atoms with Crippen LogP contribution in [0.3, 0.4) is 0 Å². The Kier molecular flexibility index (Phi) is 7.37. The van der Waals surface area contributed by atoms with Gasteiger partial charge in [0.2, 0.25) is 0 Å². The number of ether oxygens (including phenoxy) is 2. The maximum absolute atomic E-state index is 14.6. The summed E-state index contributed by atoms with van der Waals surface area (Å²) < 4.78 is 54.9. The summed E-state index contributed by atoms with van der Waals surface area (Å²) >= 11 is 6.17. The first-order valence-corrected chi connectivity index (χ1v) is 13.9. The number of amides is 1. The van der Waals surface area contributed by atoms with Gasteiger partial charge < -0.3 is 9.47 Å². The zero-order chi connectivity index (χ0) is 25.5. The average Bonchev–Trinajstić information content (AvgIpc) is 3.16. The molecular formula is C24H32ClFN2O6S. The van der Waals surface area contributed by atoms with Crippen LogP contribution in [0.2, 0.25) is 5.02 Å². The zero-order valence-corrected chi connectivity index (χ0v) is 21.7. The maximum Gasteiger partial charge on any atom is 0.309 e. The van der Waals surface area contributed by atoms with Gasteiger partial charge in [0.1, 0.15) is 17.2 Å². The number of benzene rings is 1. The van der Waals surface area contributed by atoms with Crippen molar-refractivity contribution in [2.45, 2.75) is 70.9 Å². The van der Waals surface area contributed by atoms with E-state index in [1.54, 1.807) is 20.8 Å². The van der Waals surface area contributed by atoms with Crippen LogP contribution in [-0.4, -0.2) is 38.5 Å². The lowest BCUT2D eigenvalue weighted by molar-refractivity contribution is -0.160. The van der Waals surface area contributed by atoms with Crippen molar-refractivity contribution in [2.24, 2.45) is 23.7 Å². The summed E-state index contributed by atoms with van der Waals surface area (Å²) in [5.74, 6) is -2.06. The van der Waals surface area contributed by atoms with Gasteiger partial charge in [-0.1, -0.05) is 24.4 Å². The fourth-order valence-electron chi connectivity index (χ4n) is 5.18. The third-order valence-corrected chi connectivity index (χ3v) is 8.25. The molecule has 0 spiro atoms. The summed E-state index contributed by atoms with van der Waals surface area (Å²) in [4.78, 5) is 24.7. The number of halogens is 2. The summed E-state index contributed by atoms with van der Waals surface area (Å²) in [7, 11) is -4.24. The van der Waals surface area contributed by atoms with Gasteiger partial charge >= 0.3 is 16.2 Å². The van der Waals surface area contributed by atoms with Gasteiger partial charge in [-0.25, -0.2) is 9.11 Å². The van der Waals surface area contributed by atoms with Gasteiger partial charge in [-0.2, -0.15) is 13.1 Å². The van der Waals surface area contributed by atoms with Crippen LogP contribution in [0.4, 0.5) is 4.39 Å². The van der Waals surface area contributed by atoms with Crippen molar-refractivity contribution in [3.05, 3.63) is 28.5 Å². The van der Waals surface area contributed by atoms with Crippen molar-refractivity contribution >= 4 is 33.7 Å². The van der Waals surface area contributed by atoms with Crippen LogP contribution in [0.15, 0.2) is 12.1 Å². The topological polar surface area (TPSA) is 111 Å². The summed E-state index contributed by atoms with van der Waals surface area (Å²) in [6, 6.07) is 1.70. The van der Waals surface area contributed by atoms with Crippen molar-refractivity contribution in [3.63, 3.8) is 0 Å². The lowest BCUT2D eigenvalue weighted by atomic mass is 10.0. The summed E-state index contributed by atoms with van der Waals surface area (Å²) in [5, 5.41) is 0.0322. The van der Waals surface area contributed by atoms with Crippen molar-refractivity contribution in [1.82, 2.24) is 9.44 Å². The number of carbonyl (C=O) groups excluding carboxylic acids is 2. The van der Waals surface area contributed by atoms with Gasteiger partial charge in [-0.05, 0) is 70.3 Å². The third-order valence-electron chi connectivity index (χ3n) is 6.92. The predicted molar refractivity (Wildman–Crippen MR) is 128 cm³/mol. The lowest BCUT2D eigenvalue weighted by Gasteiger charge is -2.23. The lowest BCUT2D eigenvalue weighted by Crippen LogP contribution is -2.43. The Morgan fingerprint density at radius 1 is 1.14 bits per heavy atom. The minimum Gasteiger partial charge on any atom is -0.492 e. The number of carbonyl (C=O) groups is 2. The molecule has 0 bridgehead atoms. The first-order chi connectivity index (χ1) is 16.3. The van der Waals surface area contributed by atoms with Crippen molar-refractivity contribution in [2.75, 3.05) is 6.61 Å². The molecule has 0 radical (unpaired) electrons. The standard InChI is InChI=1S/C24H32ClFN2O6S/c1-24(2,3)34-23(30)14-8-15-16(9-14)21(15)27-35(31,32)28-22(29)17-10-18(25)20(11-19(17)26)33-12-13-6-4-5-7-13/h10-11,13-16,21,27H,4-9,12H2,1-3H3,(H,28,29). The molecule has 3 fully saturated rings. The van der Waals surface area contributed by atoms with E-state index >= 15 is 0 Å². The molecule has 0 aliphatic heterocycles. The van der Waals surface area contributed by atoms with Gasteiger partial charge in [0.25, 0.3) is 5.91 Å². The largest absolute Gasteiger partial charge is 0.492 e. The number of rotatable bonds is 8. The van der Waals surface area contributed by atoms with E-state index < -0.39 is 33.1 Å². The van der Waals surface area contributed by atoms with Crippen LogP contribution in [0.1, 0.15) is 69.7 Å². The van der Waals surface area contributed by atoms with E-state index in [1.807, 2.05) is 4.72 Å². The second kappa shape index (κ2) is 9.86. The number of nitrogens with one attached hydrogen (secondary N) is 2. The minimum atomic E-state index is -4.24. The van der Waals surface area contributed by atoms with Crippen LogP contribution < -0.4 is 14.2 Å². The molecule has 11 heteroatoms. The number of hydrogen-bond acceptors (Lipinski definition) is 6. The first-order valence-electron chi connectivity index (χ1n) is 12.0. The molecule has 35 heavy (non-hydrogen) atoms. The number of hydrogen-bond donors (Lipinski definition) is 2. The molecule has 1 aromatic carbocycles. The van der Waals surface area contributed by atoms with Crippen LogP contribution in [0.5, 0.6) is 5.75 Å². The molecule has 1 amide bonds. The summed E-state index contributed by atoms with van der Waals surface area (Å²) in [5.41, 5.74) is -1.07. The molecule has 194 valence electrons. The molecule has 0 saturated heterocycles. The highest BCUT2D eigenvalue weighted by Gasteiger charge is 2.59. The summed E-state index contributed by atoms with van der Waals surface area (Å²) in [6.07, 6.45) is 5.43. The smallest absolute Gasteiger partial charge is 0.309 e. The molecular weight excluding hydrogens is 499 g/mol. The Morgan fingerprint density at radius 2 is 1.77 bits per heavy atom. The minimum absolute atomic E-state index is 0.00155. The molecule has 8 nitrogen and oxygen atoms in total. The maximum atomic E-state index is 14.6. The normalized spacial score (nSPS) is 26.3. The fourth-order valence-corrected chi connectivity index (χ4v) is 6.52. The predicted octanol–water partition coefficient (Wildman–Crippen LogP) is 3.98. The zero-order valence-electron chi connectivity index (χ0n) is 20.1. The molecule has 2 atom stereocenters. The molecule has 3 aliphatic carbocycles. The van der Waals surface area contributed by atoms with Crippen LogP contribution in [-0.2, 0) is 19.7 Å². The highest BCUT2D eigenvalue weighted by molar-refractivity contribution is 7.88. The van der Waals surface area contributed by atoms with E-state index in [9.17, 15) is 22.4 Å². The number of esters is 1. The van der Waals surface area contributed by atoms with Crippen LogP contribution in [0.25, 0.3) is 0 Å². The van der Waals surface area contributed by atoms with E-state index in [4.69, 9.17) is 21.1 Å². The Balaban J connectivity index is 1.30. The van der Waals surface area contributed by atoms with E-state index in [0.29, 0.717) is 25.4 Å². The fraction of sp³-hybridized carbons (Fsp3) is 0.667. The molecule has 1 aromatic rings. The molecule has 3 saturated carbocycles. The average molecular weight is 531 g/mol. The second-order valence-corrected chi connectivity index (χ2v) is 12.7. The SMILES string of the molecule is CC(C)(C)OC(=O)C1CC2C(C1)C2NS(=O)(=O)NC(=O)c1cc(Cl)c(OCC2CCCC2)cc1F. The van der Waals surface area contributed by atoms with Gasteiger partial charge in [-0.3, -0.25) is 9.59 Å². The molecule has 2 N–H and O–H groups in total. The molecule has 0 aromatic heterocycles.